The molecular weight excluding hydrogens is 200 g/mol. The van der Waals surface area contributed by atoms with Crippen LogP contribution in [0.5, 0.6) is 0 Å². The number of aldehydes is 1. The van der Waals surface area contributed by atoms with Gasteiger partial charge in [-0.2, -0.15) is 0 Å². The standard InChI is InChI=1S/C13H15OSi/c1-4-11-7-8-12(10-14)13(9-11)15(5-2)6-3/h5-10H,2-4H2,1H3. The maximum absolute atomic E-state index is 10.9. The molecule has 2 heteroatoms. The van der Waals surface area contributed by atoms with Crippen LogP contribution in [0.2, 0.25) is 0 Å². The lowest BCUT2D eigenvalue weighted by molar-refractivity contribution is 0.112. The van der Waals surface area contributed by atoms with E-state index in [4.69, 9.17) is 0 Å². The van der Waals surface area contributed by atoms with Gasteiger partial charge in [-0.15, -0.1) is 13.2 Å². The molecule has 77 valence electrons. The minimum absolute atomic E-state index is 0.765. The SMILES string of the molecule is C=C[Si](C=C)c1cc(CC)ccc1C=O. The van der Waals surface area contributed by atoms with Crippen LogP contribution in [0.4, 0.5) is 0 Å². The van der Waals surface area contributed by atoms with Crippen molar-refractivity contribution in [2.24, 2.45) is 0 Å². The Balaban J connectivity index is 3.27. The van der Waals surface area contributed by atoms with Gasteiger partial charge in [0.1, 0.15) is 15.1 Å². The van der Waals surface area contributed by atoms with E-state index in [0.717, 1.165) is 23.5 Å². The Morgan fingerprint density at radius 2 is 2.00 bits per heavy atom. The average Bonchev–Trinajstić information content (AvgIpc) is 2.30. The zero-order valence-electron chi connectivity index (χ0n) is 8.99. The minimum Gasteiger partial charge on any atom is -0.298 e. The van der Waals surface area contributed by atoms with Crippen LogP contribution in [0.1, 0.15) is 22.8 Å². The average molecular weight is 215 g/mol. The third-order valence-corrected chi connectivity index (χ3v) is 4.34. The zero-order chi connectivity index (χ0) is 11.3. The maximum atomic E-state index is 10.9. The molecule has 0 N–H and O–H groups in total. The number of benzene rings is 1. The second kappa shape index (κ2) is 5.46. The highest BCUT2D eigenvalue weighted by Crippen LogP contribution is 2.04. The molecule has 1 radical (unpaired) electrons. The lowest BCUT2D eigenvalue weighted by Gasteiger charge is -2.10. The molecule has 0 bridgehead atoms. The third kappa shape index (κ3) is 2.54. The second-order valence-corrected chi connectivity index (χ2v) is 5.52. The van der Waals surface area contributed by atoms with Gasteiger partial charge in [0, 0.05) is 5.56 Å². The van der Waals surface area contributed by atoms with Crippen molar-refractivity contribution in [1.82, 2.24) is 0 Å². The number of carbonyl (C=O) groups excluding carboxylic acids is 1. The van der Waals surface area contributed by atoms with Gasteiger partial charge in [-0.05, 0) is 17.2 Å². The van der Waals surface area contributed by atoms with E-state index < -0.39 is 8.80 Å². The summed E-state index contributed by atoms with van der Waals surface area (Å²) in [6.07, 6.45) is 1.89. The van der Waals surface area contributed by atoms with Crippen molar-refractivity contribution in [2.45, 2.75) is 13.3 Å². The molecule has 1 rings (SSSR count). The molecule has 1 aromatic carbocycles. The highest BCUT2D eigenvalue weighted by molar-refractivity contribution is 6.82. The van der Waals surface area contributed by atoms with Gasteiger partial charge in [0.2, 0.25) is 0 Å². The van der Waals surface area contributed by atoms with Gasteiger partial charge in [-0.25, -0.2) is 0 Å². The van der Waals surface area contributed by atoms with E-state index in [1.807, 2.05) is 23.5 Å². The van der Waals surface area contributed by atoms with Crippen LogP contribution in [0.15, 0.2) is 42.8 Å². The molecule has 1 aromatic rings. The number of carbonyl (C=O) groups is 1. The van der Waals surface area contributed by atoms with Crippen molar-refractivity contribution in [3.63, 3.8) is 0 Å². The largest absolute Gasteiger partial charge is 0.298 e. The molecule has 1 nitrogen and oxygen atoms in total. The molecule has 0 fully saturated rings. The highest BCUT2D eigenvalue weighted by atomic mass is 28.3. The number of hydrogen-bond donors (Lipinski definition) is 0. The van der Waals surface area contributed by atoms with Crippen LogP contribution in [-0.2, 0) is 6.42 Å². The van der Waals surface area contributed by atoms with Crippen molar-refractivity contribution >= 4 is 20.3 Å². The summed E-state index contributed by atoms with van der Waals surface area (Å²) in [5, 5.41) is 1.10. The van der Waals surface area contributed by atoms with Crippen molar-refractivity contribution < 1.29 is 4.79 Å². The van der Waals surface area contributed by atoms with Crippen molar-refractivity contribution in [3.05, 3.63) is 53.9 Å². The normalized spacial score (nSPS) is 10.0. The molecule has 0 heterocycles. The van der Waals surface area contributed by atoms with Crippen LogP contribution in [-0.4, -0.2) is 15.1 Å². The van der Waals surface area contributed by atoms with Gasteiger partial charge in [0.05, 0.1) is 0 Å². The van der Waals surface area contributed by atoms with E-state index in [0.29, 0.717) is 0 Å². The van der Waals surface area contributed by atoms with Crippen LogP contribution < -0.4 is 5.19 Å². The summed E-state index contributed by atoms with van der Waals surface area (Å²) in [6, 6.07) is 5.99. The Labute approximate surface area is 92.7 Å². The summed E-state index contributed by atoms with van der Waals surface area (Å²) in [5.74, 6) is 0. The molecule has 0 saturated carbocycles. The highest BCUT2D eigenvalue weighted by Gasteiger charge is 2.11. The van der Waals surface area contributed by atoms with Crippen LogP contribution in [0.3, 0.4) is 0 Å². The second-order valence-electron chi connectivity index (χ2n) is 3.26. The van der Waals surface area contributed by atoms with Gasteiger partial charge in [-0.1, -0.05) is 36.5 Å². The van der Waals surface area contributed by atoms with Crippen molar-refractivity contribution in [1.29, 1.82) is 0 Å². The monoisotopic (exact) mass is 215 g/mol. The molecule has 0 spiro atoms. The van der Waals surface area contributed by atoms with Crippen LogP contribution in [0, 0.1) is 0 Å². The molecule has 0 atom stereocenters. The Kier molecular flexibility index (Phi) is 4.25. The summed E-state index contributed by atoms with van der Waals surface area (Å²) in [6.45, 7) is 9.70. The first-order chi connectivity index (χ1) is 7.26. The Hall–Kier alpha value is -1.41. The molecule has 0 aromatic heterocycles. The van der Waals surface area contributed by atoms with Gasteiger partial charge in [0.15, 0.2) is 0 Å². The first-order valence-electron chi connectivity index (χ1n) is 4.97. The molecule has 0 aliphatic rings. The summed E-state index contributed by atoms with van der Waals surface area (Å²) in [7, 11) is -0.978. The fourth-order valence-corrected chi connectivity index (χ4v) is 2.91. The topological polar surface area (TPSA) is 17.1 Å². The van der Waals surface area contributed by atoms with E-state index in [2.05, 4.69) is 26.1 Å². The van der Waals surface area contributed by atoms with E-state index in [1.54, 1.807) is 0 Å². The van der Waals surface area contributed by atoms with E-state index in [-0.39, 0.29) is 0 Å². The Morgan fingerprint density at radius 3 is 2.47 bits per heavy atom. The fourth-order valence-electron chi connectivity index (χ4n) is 1.48. The van der Waals surface area contributed by atoms with Crippen LogP contribution >= 0.6 is 0 Å². The van der Waals surface area contributed by atoms with E-state index in [9.17, 15) is 4.79 Å². The number of aryl methyl sites for hydroxylation is 1. The van der Waals surface area contributed by atoms with E-state index in [1.165, 1.54) is 5.56 Å². The van der Waals surface area contributed by atoms with E-state index >= 15 is 0 Å². The zero-order valence-corrected chi connectivity index (χ0v) is 9.99. The predicted molar refractivity (Wildman–Crippen MR) is 67.0 cm³/mol. The summed E-state index contributed by atoms with van der Waals surface area (Å²) < 4.78 is 0. The smallest absolute Gasteiger partial charge is 0.149 e. The Morgan fingerprint density at radius 1 is 1.33 bits per heavy atom. The Bertz CT molecular complexity index is 374. The number of rotatable bonds is 5. The lowest BCUT2D eigenvalue weighted by Crippen LogP contribution is -2.29. The lowest BCUT2D eigenvalue weighted by atomic mass is 10.1. The molecule has 0 unspecified atom stereocenters. The molecular formula is C13H15OSi. The van der Waals surface area contributed by atoms with Crippen molar-refractivity contribution in [2.75, 3.05) is 0 Å². The van der Waals surface area contributed by atoms with Gasteiger partial charge in [-0.3, -0.25) is 4.79 Å². The molecule has 15 heavy (non-hydrogen) atoms. The molecule has 0 aliphatic carbocycles. The summed E-state index contributed by atoms with van der Waals surface area (Å²) in [4.78, 5) is 10.9. The quantitative estimate of drug-likeness (QED) is 0.544. The summed E-state index contributed by atoms with van der Waals surface area (Å²) >= 11 is 0. The predicted octanol–water partition coefficient (Wildman–Crippen LogP) is 2.21. The van der Waals surface area contributed by atoms with Gasteiger partial charge in [0.25, 0.3) is 0 Å². The van der Waals surface area contributed by atoms with Gasteiger partial charge < -0.3 is 0 Å². The summed E-state index contributed by atoms with van der Waals surface area (Å²) in [5.41, 5.74) is 5.82. The number of hydrogen-bond acceptors (Lipinski definition) is 1. The van der Waals surface area contributed by atoms with Crippen molar-refractivity contribution in [3.8, 4) is 0 Å². The van der Waals surface area contributed by atoms with Gasteiger partial charge >= 0.3 is 0 Å². The minimum atomic E-state index is -0.978. The molecule has 0 saturated heterocycles. The molecule has 0 amide bonds. The molecule has 0 aliphatic heterocycles. The first kappa shape index (κ1) is 11.7. The van der Waals surface area contributed by atoms with Crippen LogP contribution in [0.25, 0.3) is 0 Å². The first-order valence-corrected chi connectivity index (χ1v) is 6.62. The maximum Gasteiger partial charge on any atom is 0.149 e. The fraction of sp³-hybridized carbons (Fsp3) is 0.154. The third-order valence-electron chi connectivity index (χ3n) is 2.40.